The van der Waals surface area contributed by atoms with Crippen LogP contribution in [0.1, 0.15) is 16.2 Å². The quantitative estimate of drug-likeness (QED) is 0.322. The summed E-state index contributed by atoms with van der Waals surface area (Å²) in [5.74, 6) is -0.209. The Labute approximate surface area is 215 Å². The molecule has 2 amide bonds. The van der Waals surface area contributed by atoms with Crippen LogP contribution in [0.2, 0.25) is 0 Å². The third-order valence-corrected chi connectivity index (χ3v) is 6.96. The number of fused-ring (bicyclic) bond motifs is 2. The van der Waals surface area contributed by atoms with Gasteiger partial charge in [-0.25, -0.2) is 4.98 Å². The lowest BCUT2D eigenvalue weighted by Gasteiger charge is -2.18. The van der Waals surface area contributed by atoms with Crippen molar-refractivity contribution < 1.29 is 14.3 Å². The van der Waals surface area contributed by atoms with Crippen LogP contribution in [-0.2, 0) is 11.3 Å². The molecule has 1 aliphatic heterocycles. The number of carbonyl (C=O) groups excluding carboxylic acids is 2. The normalized spacial score (nSPS) is 12.5. The van der Waals surface area contributed by atoms with E-state index < -0.39 is 5.91 Å². The summed E-state index contributed by atoms with van der Waals surface area (Å²) in [5.41, 5.74) is 4.83. The van der Waals surface area contributed by atoms with Crippen molar-refractivity contribution in [2.45, 2.75) is 6.54 Å². The number of nitrogens with one attached hydrogen (secondary N) is 3. The molecule has 5 aromatic rings. The van der Waals surface area contributed by atoms with Gasteiger partial charge in [0, 0.05) is 17.5 Å². The van der Waals surface area contributed by atoms with Crippen molar-refractivity contribution >= 4 is 39.1 Å². The maximum Gasteiger partial charge on any atom is 0.287 e. The maximum absolute atomic E-state index is 13.0. The highest BCUT2D eigenvalue weighted by Gasteiger charge is 2.18. The smallest absolute Gasteiger partial charge is 0.287 e. The Bertz CT molecular complexity index is 1710. The zero-order valence-corrected chi connectivity index (χ0v) is 20.2. The summed E-state index contributed by atoms with van der Waals surface area (Å²) in [5, 5.41) is 7.85. The summed E-state index contributed by atoms with van der Waals surface area (Å²) < 4.78 is 5.35. The van der Waals surface area contributed by atoms with Gasteiger partial charge in [-0.15, -0.1) is 11.3 Å². The van der Waals surface area contributed by atoms with E-state index in [2.05, 4.69) is 20.6 Å². The maximum atomic E-state index is 13.0. The Hall–Kier alpha value is -4.76. The molecule has 0 saturated heterocycles. The molecule has 0 fully saturated rings. The van der Waals surface area contributed by atoms with Crippen LogP contribution in [0.15, 0.2) is 83.0 Å². The summed E-state index contributed by atoms with van der Waals surface area (Å²) in [6.07, 6.45) is 0. The molecule has 0 atom stereocenters. The molecule has 6 rings (SSSR count). The number of ether oxygens (including phenoxy) is 1. The van der Waals surface area contributed by atoms with Gasteiger partial charge in [-0.3, -0.25) is 14.4 Å². The molecule has 3 N–H and O–H groups in total. The SMILES string of the molecule is O=C1COc2ccc(CNC(=O)c3nc4scc(-c5ccc(-c6ccccc6)cc5)c4c(=O)[nH]3)cc2N1. The van der Waals surface area contributed by atoms with Gasteiger partial charge in [-0.1, -0.05) is 60.7 Å². The number of thiophene rings is 1. The third kappa shape index (κ3) is 4.48. The molecule has 0 radical (unpaired) electrons. The van der Waals surface area contributed by atoms with Gasteiger partial charge >= 0.3 is 0 Å². The predicted molar refractivity (Wildman–Crippen MR) is 143 cm³/mol. The van der Waals surface area contributed by atoms with Crippen molar-refractivity contribution in [3.63, 3.8) is 0 Å². The molecule has 0 saturated carbocycles. The lowest BCUT2D eigenvalue weighted by atomic mass is 10.0. The van der Waals surface area contributed by atoms with Crippen molar-refractivity contribution in [3.8, 4) is 28.0 Å². The molecule has 3 aromatic carbocycles. The van der Waals surface area contributed by atoms with E-state index in [-0.39, 0.29) is 30.4 Å². The first-order valence-corrected chi connectivity index (χ1v) is 12.4. The second-order valence-corrected chi connectivity index (χ2v) is 9.40. The van der Waals surface area contributed by atoms with E-state index in [1.54, 1.807) is 18.2 Å². The molecule has 0 unspecified atom stereocenters. The van der Waals surface area contributed by atoms with Gasteiger partial charge in [-0.2, -0.15) is 0 Å². The fraction of sp³-hybridized carbons (Fsp3) is 0.0714. The lowest BCUT2D eigenvalue weighted by Crippen LogP contribution is -2.28. The number of anilines is 1. The molecule has 9 heteroatoms. The number of H-pyrrole nitrogens is 1. The summed E-state index contributed by atoms with van der Waals surface area (Å²) in [6.45, 7) is 0.168. The van der Waals surface area contributed by atoms with Gasteiger partial charge in [0.05, 0.1) is 11.1 Å². The van der Waals surface area contributed by atoms with Crippen molar-refractivity contribution in [1.82, 2.24) is 15.3 Å². The molecule has 0 aliphatic carbocycles. The Morgan fingerprint density at radius 2 is 1.73 bits per heavy atom. The zero-order valence-electron chi connectivity index (χ0n) is 19.4. The van der Waals surface area contributed by atoms with E-state index in [1.807, 2.05) is 60.0 Å². The first-order chi connectivity index (χ1) is 18.0. The van der Waals surface area contributed by atoms with Crippen molar-refractivity contribution in [2.24, 2.45) is 0 Å². The standard InChI is InChI=1S/C28H20N4O4S/c33-23-14-36-22-11-6-16(12-21(22)30-23)13-29-27(35)25-31-26(34)24-20(15-37-28(24)32-25)19-9-7-18(8-10-19)17-4-2-1-3-5-17/h1-12,15H,13-14H2,(H,29,35)(H,30,33)(H,31,32,34). The molecule has 3 heterocycles. The minimum Gasteiger partial charge on any atom is -0.482 e. The molecule has 8 nitrogen and oxygen atoms in total. The van der Waals surface area contributed by atoms with Crippen molar-refractivity contribution in [1.29, 1.82) is 0 Å². The van der Waals surface area contributed by atoms with Crippen LogP contribution in [0, 0.1) is 0 Å². The van der Waals surface area contributed by atoms with Crippen LogP contribution >= 0.6 is 11.3 Å². The zero-order chi connectivity index (χ0) is 25.4. The van der Waals surface area contributed by atoms with Gasteiger partial charge in [0.1, 0.15) is 10.6 Å². The highest BCUT2D eigenvalue weighted by Crippen LogP contribution is 2.32. The highest BCUT2D eigenvalue weighted by atomic mass is 32.1. The van der Waals surface area contributed by atoms with Crippen LogP contribution in [0.3, 0.4) is 0 Å². The largest absolute Gasteiger partial charge is 0.482 e. The molecule has 0 spiro atoms. The van der Waals surface area contributed by atoms with Gasteiger partial charge in [0.25, 0.3) is 17.4 Å². The number of carbonyl (C=O) groups is 2. The lowest BCUT2D eigenvalue weighted by molar-refractivity contribution is -0.118. The van der Waals surface area contributed by atoms with E-state index in [4.69, 9.17) is 4.74 Å². The number of hydrogen-bond acceptors (Lipinski definition) is 6. The van der Waals surface area contributed by atoms with E-state index in [1.165, 1.54) is 11.3 Å². The number of rotatable bonds is 5. The minimum absolute atomic E-state index is 0.0198. The van der Waals surface area contributed by atoms with E-state index in [0.717, 1.165) is 27.8 Å². The predicted octanol–water partition coefficient (Wildman–Crippen LogP) is 4.58. The number of amides is 2. The summed E-state index contributed by atoms with van der Waals surface area (Å²) in [4.78, 5) is 44.8. The number of benzene rings is 3. The van der Waals surface area contributed by atoms with Crippen molar-refractivity contribution in [3.05, 3.63) is 99.9 Å². The van der Waals surface area contributed by atoms with Crippen molar-refractivity contribution in [2.75, 3.05) is 11.9 Å². The van der Waals surface area contributed by atoms with Gasteiger partial charge < -0.3 is 20.4 Å². The molecular formula is C28H20N4O4S. The van der Waals surface area contributed by atoms with Crippen LogP contribution in [0.5, 0.6) is 5.75 Å². The highest BCUT2D eigenvalue weighted by molar-refractivity contribution is 7.17. The average Bonchev–Trinajstić information content (AvgIpc) is 3.37. The van der Waals surface area contributed by atoms with Gasteiger partial charge in [0.2, 0.25) is 5.82 Å². The van der Waals surface area contributed by atoms with Gasteiger partial charge in [0.15, 0.2) is 6.61 Å². The second-order valence-electron chi connectivity index (χ2n) is 8.54. The Balaban J connectivity index is 1.21. The summed E-state index contributed by atoms with van der Waals surface area (Å²) in [7, 11) is 0. The van der Waals surface area contributed by atoms with Crippen LogP contribution in [0.4, 0.5) is 5.69 Å². The fourth-order valence-corrected chi connectivity index (χ4v) is 5.20. The molecular weight excluding hydrogens is 488 g/mol. The molecule has 2 aromatic heterocycles. The number of nitrogens with zero attached hydrogens (tertiary/aromatic N) is 1. The Morgan fingerprint density at radius 3 is 2.54 bits per heavy atom. The fourth-order valence-electron chi connectivity index (χ4n) is 4.25. The Morgan fingerprint density at radius 1 is 0.973 bits per heavy atom. The minimum atomic E-state index is -0.501. The van der Waals surface area contributed by atoms with Gasteiger partial charge in [-0.05, 0) is 34.4 Å². The number of aromatic amines is 1. The molecule has 0 bridgehead atoms. The molecule has 1 aliphatic rings. The first kappa shape index (κ1) is 22.7. The van der Waals surface area contributed by atoms with Crippen LogP contribution in [0.25, 0.3) is 32.5 Å². The molecule has 37 heavy (non-hydrogen) atoms. The van der Waals surface area contributed by atoms with E-state index >= 15 is 0 Å². The average molecular weight is 509 g/mol. The van der Waals surface area contributed by atoms with E-state index in [9.17, 15) is 14.4 Å². The Kier molecular flexibility index (Phi) is 5.74. The summed E-state index contributed by atoms with van der Waals surface area (Å²) >= 11 is 1.32. The molecule has 182 valence electrons. The first-order valence-electron chi connectivity index (χ1n) is 11.6. The number of aromatic nitrogens is 2. The number of hydrogen-bond donors (Lipinski definition) is 3. The van der Waals surface area contributed by atoms with Crippen LogP contribution < -0.4 is 20.9 Å². The summed E-state index contributed by atoms with van der Waals surface area (Å²) in [6, 6.07) is 23.4. The van der Waals surface area contributed by atoms with E-state index in [0.29, 0.717) is 21.7 Å². The monoisotopic (exact) mass is 508 g/mol. The topological polar surface area (TPSA) is 113 Å². The third-order valence-electron chi connectivity index (χ3n) is 6.09. The van der Waals surface area contributed by atoms with Crippen LogP contribution in [-0.4, -0.2) is 28.4 Å². The second kappa shape index (κ2) is 9.36.